The minimum atomic E-state index is -3.74. The molecule has 6 nitrogen and oxygen atoms in total. The number of sulfonamides is 1. The van der Waals surface area contributed by atoms with Gasteiger partial charge in [-0.1, -0.05) is 48.5 Å². The van der Waals surface area contributed by atoms with Gasteiger partial charge in [0, 0.05) is 24.2 Å². The fourth-order valence-electron chi connectivity index (χ4n) is 4.30. The Morgan fingerprint density at radius 1 is 0.909 bits per heavy atom. The first-order valence-corrected chi connectivity index (χ1v) is 12.7. The van der Waals surface area contributed by atoms with Crippen molar-refractivity contribution in [3.8, 4) is 0 Å². The molecule has 33 heavy (non-hydrogen) atoms. The smallest absolute Gasteiger partial charge is 0.410 e. The predicted octanol–water partition coefficient (Wildman–Crippen LogP) is 5.76. The van der Waals surface area contributed by atoms with Gasteiger partial charge in [-0.3, -0.25) is 4.72 Å². The summed E-state index contributed by atoms with van der Waals surface area (Å²) < 4.78 is 34.5. The summed E-state index contributed by atoms with van der Waals surface area (Å²) >= 11 is 0. The first-order chi connectivity index (χ1) is 15.6. The Kier molecular flexibility index (Phi) is 6.34. The van der Waals surface area contributed by atoms with E-state index in [1.54, 1.807) is 35.2 Å². The SMILES string of the molecule is CC(C)(C)OC(=O)N1CCC(c2ccc(S(=O)(=O)Nc3ccccc3)c3ccccc23)CC1. The minimum absolute atomic E-state index is 0.243. The van der Waals surface area contributed by atoms with Crippen molar-refractivity contribution in [1.29, 1.82) is 0 Å². The molecular formula is C26H30N2O4S. The molecule has 7 heteroatoms. The molecule has 1 heterocycles. The average Bonchev–Trinajstić information content (AvgIpc) is 2.77. The van der Waals surface area contributed by atoms with Gasteiger partial charge in [-0.05, 0) is 68.7 Å². The third-order valence-corrected chi connectivity index (χ3v) is 7.26. The Morgan fingerprint density at radius 2 is 1.52 bits per heavy atom. The number of piperidine rings is 1. The molecule has 3 aromatic carbocycles. The van der Waals surface area contributed by atoms with Gasteiger partial charge in [-0.2, -0.15) is 0 Å². The van der Waals surface area contributed by atoms with E-state index in [0.717, 1.165) is 23.8 Å². The van der Waals surface area contributed by atoms with Crippen LogP contribution >= 0.6 is 0 Å². The van der Waals surface area contributed by atoms with Crippen LogP contribution in [-0.2, 0) is 14.8 Å². The van der Waals surface area contributed by atoms with Gasteiger partial charge in [0.2, 0.25) is 0 Å². The van der Waals surface area contributed by atoms with Crippen LogP contribution < -0.4 is 4.72 Å². The van der Waals surface area contributed by atoms with E-state index in [1.807, 2.05) is 57.2 Å². The van der Waals surface area contributed by atoms with Crippen molar-refractivity contribution in [1.82, 2.24) is 4.90 Å². The molecule has 174 valence electrons. The van der Waals surface area contributed by atoms with Crippen LogP contribution in [0.2, 0.25) is 0 Å². The van der Waals surface area contributed by atoms with Crippen LogP contribution in [0.1, 0.15) is 45.1 Å². The van der Waals surface area contributed by atoms with Crippen LogP contribution in [0.15, 0.2) is 71.6 Å². The van der Waals surface area contributed by atoms with Crippen molar-refractivity contribution in [2.75, 3.05) is 17.8 Å². The molecule has 4 rings (SSSR count). The average molecular weight is 467 g/mol. The maximum Gasteiger partial charge on any atom is 0.410 e. The van der Waals surface area contributed by atoms with Gasteiger partial charge in [-0.25, -0.2) is 13.2 Å². The van der Waals surface area contributed by atoms with E-state index in [0.29, 0.717) is 24.2 Å². The Balaban J connectivity index is 1.58. The fourth-order valence-corrected chi connectivity index (χ4v) is 5.57. The highest BCUT2D eigenvalue weighted by Crippen LogP contribution is 2.36. The maximum atomic E-state index is 13.2. The first-order valence-electron chi connectivity index (χ1n) is 11.2. The first kappa shape index (κ1) is 23.1. The number of rotatable bonds is 4. The summed E-state index contributed by atoms with van der Waals surface area (Å²) in [7, 11) is -3.74. The monoisotopic (exact) mass is 466 g/mol. The number of fused-ring (bicyclic) bond motifs is 1. The summed E-state index contributed by atoms with van der Waals surface area (Å²) in [5.74, 6) is 0.243. The van der Waals surface area contributed by atoms with Crippen LogP contribution in [0, 0.1) is 0 Å². The standard InChI is InChI=1S/C26H30N2O4S/c1-26(2,3)32-25(29)28-17-15-19(16-18-28)21-13-14-24(23-12-8-7-11-22(21)23)33(30,31)27-20-9-5-4-6-10-20/h4-14,19,27H,15-18H2,1-3H3. The zero-order valence-corrected chi connectivity index (χ0v) is 20.1. The number of ether oxygens (including phenoxy) is 1. The van der Waals surface area contributed by atoms with Gasteiger partial charge in [0.15, 0.2) is 0 Å². The third kappa shape index (κ3) is 5.30. The van der Waals surface area contributed by atoms with Gasteiger partial charge >= 0.3 is 6.09 Å². The highest BCUT2D eigenvalue weighted by Gasteiger charge is 2.29. The third-order valence-electron chi connectivity index (χ3n) is 5.82. The fraction of sp³-hybridized carbons (Fsp3) is 0.346. The van der Waals surface area contributed by atoms with Crippen LogP contribution in [0.5, 0.6) is 0 Å². The number of benzene rings is 3. The van der Waals surface area contributed by atoms with E-state index >= 15 is 0 Å². The molecule has 0 aliphatic carbocycles. The van der Waals surface area contributed by atoms with E-state index in [4.69, 9.17) is 4.74 Å². The molecule has 1 aliphatic heterocycles. The molecule has 1 aliphatic rings. The number of hydrogen-bond acceptors (Lipinski definition) is 4. The second-order valence-corrected chi connectivity index (χ2v) is 11.1. The largest absolute Gasteiger partial charge is 0.444 e. The highest BCUT2D eigenvalue weighted by molar-refractivity contribution is 7.93. The van der Waals surface area contributed by atoms with E-state index in [-0.39, 0.29) is 16.9 Å². The number of anilines is 1. The summed E-state index contributed by atoms with van der Waals surface area (Å²) in [5, 5.41) is 1.64. The van der Waals surface area contributed by atoms with E-state index < -0.39 is 15.6 Å². The Morgan fingerprint density at radius 3 is 2.15 bits per heavy atom. The van der Waals surface area contributed by atoms with E-state index in [1.165, 1.54) is 0 Å². The number of amides is 1. The molecule has 1 N–H and O–H groups in total. The number of hydrogen-bond donors (Lipinski definition) is 1. The molecule has 0 atom stereocenters. The predicted molar refractivity (Wildman–Crippen MR) is 131 cm³/mol. The molecule has 0 saturated carbocycles. The summed E-state index contributed by atoms with van der Waals surface area (Å²) in [6.45, 7) is 6.83. The Hall–Kier alpha value is -3.06. The van der Waals surface area contributed by atoms with Crippen LogP contribution in [0.4, 0.5) is 10.5 Å². The molecular weight excluding hydrogens is 436 g/mol. The number of nitrogens with one attached hydrogen (secondary N) is 1. The second kappa shape index (κ2) is 9.06. The number of carbonyl (C=O) groups excluding carboxylic acids is 1. The Labute approximate surface area is 195 Å². The molecule has 0 bridgehead atoms. The van der Waals surface area contributed by atoms with E-state index in [9.17, 15) is 13.2 Å². The van der Waals surface area contributed by atoms with Crippen LogP contribution in [0.3, 0.4) is 0 Å². The summed E-state index contributed by atoms with van der Waals surface area (Å²) in [4.78, 5) is 14.4. The molecule has 0 spiro atoms. The molecule has 1 fully saturated rings. The zero-order valence-electron chi connectivity index (χ0n) is 19.2. The lowest BCUT2D eigenvalue weighted by Crippen LogP contribution is -2.41. The minimum Gasteiger partial charge on any atom is -0.444 e. The lowest BCUT2D eigenvalue weighted by Gasteiger charge is -2.34. The normalized spacial score (nSPS) is 15.4. The van der Waals surface area contributed by atoms with Crippen molar-refractivity contribution in [3.05, 3.63) is 72.3 Å². The van der Waals surface area contributed by atoms with Crippen molar-refractivity contribution in [3.63, 3.8) is 0 Å². The summed E-state index contributed by atoms with van der Waals surface area (Å²) in [6.07, 6.45) is 1.33. The van der Waals surface area contributed by atoms with Gasteiger partial charge in [-0.15, -0.1) is 0 Å². The van der Waals surface area contributed by atoms with Crippen molar-refractivity contribution in [2.45, 2.75) is 50.0 Å². The van der Waals surface area contributed by atoms with Gasteiger partial charge < -0.3 is 9.64 Å². The van der Waals surface area contributed by atoms with Gasteiger partial charge in [0.05, 0.1) is 4.90 Å². The number of nitrogens with zero attached hydrogens (tertiary/aromatic N) is 1. The van der Waals surface area contributed by atoms with Crippen LogP contribution in [-0.4, -0.2) is 38.1 Å². The van der Waals surface area contributed by atoms with Crippen LogP contribution in [0.25, 0.3) is 10.8 Å². The lowest BCUT2D eigenvalue weighted by molar-refractivity contribution is 0.0205. The van der Waals surface area contributed by atoms with Crippen molar-refractivity contribution < 1.29 is 17.9 Å². The lowest BCUT2D eigenvalue weighted by atomic mass is 9.86. The number of para-hydroxylation sites is 1. The molecule has 3 aromatic rings. The molecule has 0 radical (unpaired) electrons. The Bertz CT molecular complexity index is 1240. The van der Waals surface area contributed by atoms with Crippen molar-refractivity contribution >= 4 is 32.6 Å². The quantitative estimate of drug-likeness (QED) is 0.531. The summed E-state index contributed by atoms with van der Waals surface area (Å²) in [6, 6.07) is 20.1. The zero-order chi connectivity index (χ0) is 23.6. The topological polar surface area (TPSA) is 75.7 Å². The van der Waals surface area contributed by atoms with Gasteiger partial charge in [0.1, 0.15) is 5.60 Å². The van der Waals surface area contributed by atoms with E-state index in [2.05, 4.69) is 4.72 Å². The summed E-state index contributed by atoms with van der Waals surface area (Å²) in [5.41, 5.74) is 1.13. The van der Waals surface area contributed by atoms with Crippen molar-refractivity contribution in [2.24, 2.45) is 0 Å². The number of likely N-dealkylation sites (tertiary alicyclic amines) is 1. The number of carbonyl (C=O) groups is 1. The highest BCUT2D eigenvalue weighted by atomic mass is 32.2. The molecule has 0 unspecified atom stereocenters. The molecule has 1 saturated heterocycles. The molecule has 1 amide bonds. The maximum absolute atomic E-state index is 13.2. The molecule has 0 aromatic heterocycles. The second-order valence-electron chi connectivity index (χ2n) is 9.41. The van der Waals surface area contributed by atoms with Gasteiger partial charge in [0.25, 0.3) is 10.0 Å².